The van der Waals surface area contributed by atoms with Gasteiger partial charge in [0.1, 0.15) is 54.4 Å². The molecule has 25 nitrogen and oxygen atoms in total. The summed E-state index contributed by atoms with van der Waals surface area (Å²) < 4.78 is 0. The van der Waals surface area contributed by atoms with Gasteiger partial charge in [0.05, 0.1) is 12.6 Å². The fraction of sp³-hybridized carbons (Fsp3) is 0.672. The van der Waals surface area contributed by atoms with Gasteiger partial charge in [-0.25, -0.2) is 4.79 Å². The number of hydrogen-bond acceptors (Lipinski definition) is 13. The second kappa shape index (κ2) is 34.5. The molecule has 2 aromatic rings. The third-order valence-corrected chi connectivity index (χ3v) is 13.6. The molecule has 1 aromatic heterocycles. The number of benzene rings is 1. The Balaban J connectivity index is 2.47. The van der Waals surface area contributed by atoms with Gasteiger partial charge in [-0.3, -0.25) is 47.9 Å². The summed E-state index contributed by atoms with van der Waals surface area (Å²) in [5, 5.41) is 53.9. The molecule has 15 N–H and O–H groups in total. The van der Waals surface area contributed by atoms with Crippen molar-refractivity contribution in [3.05, 3.63) is 36.0 Å². The largest absolute Gasteiger partial charge is 0.481 e. The SMILES string of the molecule is CC(C)C[C@H](NC(=O)[C@H](CC(C)C)NC(=O)[C@@H](NC(=O)[C@H](CCC(=O)O)NC(=O)[C@H](CO)NC(=O)[C@@H](NC(=O)[C@@H](N)CC(C)C)C(C)C)C(C)C)C(=O)N[C@@H](Cc1c[nH]c2ccccc12)C(=O)N[C@@H](CC(C)C)C(=O)N[C@H](C(=O)O)C(C)C. The van der Waals surface area contributed by atoms with Crippen LogP contribution in [0.2, 0.25) is 0 Å². The lowest BCUT2D eigenvalue weighted by molar-refractivity contribution is -0.143. The number of aromatic nitrogens is 1. The van der Waals surface area contributed by atoms with Gasteiger partial charge >= 0.3 is 11.9 Å². The van der Waals surface area contributed by atoms with E-state index < -0.39 is 163 Å². The average Bonchev–Trinajstić information content (AvgIpc) is 4.04. The van der Waals surface area contributed by atoms with Crippen molar-refractivity contribution in [2.75, 3.05) is 6.61 Å². The summed E-state index contributed by atoms with van der Waals surface area (Å²) in [6, 6.07) is -5.93. The molecule has 1 aromatic carbocycles. The first-order valence-corrected chi connectivity index (χ1v) is 28.8. The van der Waals surface area contributed by atoms with E-state index in [9.17, 15) is 68.1 Å². The number of carbonyl (C=O) groups is 11. The predicted octanol–water partition coefficient (Wildman–Crippen LogP) is 1.49. The third-order valence-electron chi connectivity index (χ3n) is 13.6. The van der Waals surface area contributed by atoms with Crippen molar-refractivity contribution in [3.8, 4) is 0 Å². The van der Waals surface area contributed by atoms with E-state index in [1.165, 1.54) is 0 Å². The van der Waals surface area contributed by atoms with Gasteiger partial charge in [0, 0.05) is 29.9 Å². The number of fused-ring (bicyclic) bond motifs is 1. The van der Waals surface area contributed by atoms with Crippen molar-refractivity contribution in [1.82, 2.24) is 52.8 Å². The van der Waals surface area contributed by atoms with Gasteiger partial charge in [-0.05, 0) is 85.2 Å². The number of nitrogens with two attached hydrogens (primary N) is 1. The first kappa shape index (κ1) is 72.0. The molecule has 0 saturated carbocycles. The van der Waals surface area contributed by atoms with Gasteiger partial charge in [0.15, 0.2) is 0 Å². The molecule has 10 atom stereocenters. The standard InChI is InChI=1S/C58H95N11O14/c1-28(2)21-37(59)49(73)67-46(32(9)10)57(81)66-44(27-70)55(79)61-39(19-20-45(71)72)50(74)68-47(33(11)12)56(80)65-41(23-30(5)6)52(76)62-40(22-29(3)4)51(75)64-43(25-35-26-60-38-18-16-15-17-36(35)38)53(77)63-42(24-31(7)8)54(78)69-48(34(13)14)58(82)83/h15-18,26,28-34,37,39-44,46-48,60,70H,19-25,27,59H2,1-14H3,(H,61,79)(H,62,76)(H,63,77)(H,64,75)(H,65,80)(H,66,81)(H,67,73)(H,68,74)(H,69,78)(H,71,72)(H,82,83)/t37-,39-,40-,41-,42-,43-,44-,46-,47-,48-/m0/s1. The summed E-state index contributed by atoms with van der Waals surface area (Å²) in [5.41, 5.74) is 7.42. The van der Waals surface area contributed by atoms with E-state index in [1.807, 2.05) is 59.7 Å². The number of aliphatic hydroxyl groups excluding tert-OH is 1. The zero-order valence-corrected chi connectivity index (χ0v) is 50.8. The highest BCUT2D eigenvalue weighted by Crippen LogP contribution is 2.21. The molecule has 1 heterocycles. The zero-order valence-electron chi connectivity index (χ0n) is 50.8. The number of aliphatic hydroxyl groups is 1. The summed E-state index contributed by atoms with van der Waals surface area (Å²) in [6.45, 7) is 23.3. The number of amides is 9. The van der Waals surface area contributed by atoms with Gasteiger partial charge in [0.2, 0.25) is 53.2 Å². The zero-order chi connectivity index (χ0) is 63.2. The van der Waals surface area contributed by atoms with Crippen LogP contribution in [0, 0.1) is 41.4 Å². The highest BCUT2D eigenvalue weighted by molar-refractivity contribution is 5.99. The van der Waals surface area contributed by atoms with E-state index in [0.29, 0.717) is 12.0 Å². The van der Waals surface area contributed by atoms with Gasteiger partial charge in [-0.1, -0.05) is 115 Å². The maximum Gasteiger partial charge on any atom is 0.326 e. The Morgan fingerprint density at radius 1 is 0.446 bits per heavy atom. The maximum absolute atomic E-state index is 14.6. The van der Waals surface area contributed by atoms with Crippen LogP contribution in [0.1, 0.15) is 141 Å². The molecule has 83 heavy (non-hydrogen) atoms. The van der Waals surface area contributed by atoms with E-state index in [4.69, 9.17) is 5.73 Å². The molecular weight excluding hydrogens is 1070 g/mol. The fourth-order valence-electron chi connectivity index (χ4n) is 9.15. The molecule has 0 saturated heterocycles. The molecule has 0 spiro atoms. The second-order valence-electron chi connectivity index (χ2n) is 24.2. The minimum Gasteiger partial charge on any atom is -0.481 e. The van der Waals surface area contributed by atoms with E-state index in [1.54, 1.807) is 67.7 Å². The van der Waals surface area contributed by atoms with Crippen LogP contribution >= 0.6 is 0 Å². The van der Waals surface area contributed by atoms with E-state index in [0.717, 1.165) is 10.9 Å². The average molecular weight is 1170 g/mol. The van der Waals surface area contributed by atoms with E-state index >= 15 is 0 Å². The molecule has 0 fully saturated rings. The Labute approximate surface area is 487 Å². The number of H-pyrrole nitrogens is 1. The number of para-hydroxylation sites is 1. The summed E-state index contributed by atoms with van der Waals surface area (Å²) >= 11 is 0. The Hall–Kier alpha value is -7.15. The topological polar surface area (TPSA) is 399 Å². The first-order chi connectivity index (χ1) is 38.7. The molecule has 9 amide bonds. The number of nitrogens with one attached hydrogen (secondary N) is 10. The minimum atomic E-state index is -1.68. The van der Waals surface area contributed by atoms with Crippen LogP contribution in [0.25, 0.3) is 10.9 Å². The molecule has 2 rings (SSSR count). The molecule has 0 radical (unpaired) electrons. The van der Waals surface area contributed by atoms with Crippen molar-refractivity contribution >= 4 is 76.0 Å². The highest BCUT2D eigenvalue weighted by Gasteiger charge is 2.38. The summed E-state index contributed by atoms with van der Waals surface area (Å²) in [7, 11) is 0. The van der Waals surface area contributed by atoms with Crippen molar-refractivity contribution in [1.29, 1.82) is 0 Å². The Morgan fingerprint density at radius 2 is 0.807 bits per heavy atom. The van der Waals surface area contributed by atoms with Gasteiger partial charge in [-0.2, -0.15) is 0 Å². The number of aliphatic carboxylic acids is 2. The maximum atomic E-state index is 14.6. The molecule has 0 unspecified atom stereocenters. The Kier molecular flexibility index (Phi) is 29.9. The molecule has 0 aliphatic carbocycles. The minimum absolute atomic E-state index is 0.0362. The van der Waals surface area contributed by atoms with E-state index in [-0.39, 0.29) is 49.4 Å². The van der Waals surface area contributed by atoms with Crippen LogP contribution in [-0.2, 0) is 59.2 Å². The van der Waals surface area contributed by atoms with E-state index in [2.05, 4.69) is 52.8 Å². The summed E-state index contributed by atoms with van der Waals surface area (Å²) in [4.78, 5) is 152. The van der Waals surface area contributed by atoms with Crippen molar-refractivity contribution < 1.29 is 68.1 Å². The molecule has 0 bridgehead atoms. The van der Waals surface area contributed by atoms with Crippen molar-refractivity contribution in [3.63, 3.8) is 0 Å². The summed E-state index contributed by atoms with van der Waals surface area (Å²) in [5.74, 6) is -12.2. The smallest absolute Gasteiger partial charge is 0.326 e. The number of carboxylic acid groups (broad SMARTS) is 2. The monoisotopic (exact) mass is 1170 g/mol. The van der Waals surface area contributed by atoms with Crippen LogP contribution in [0.3, 0.4) is 0 Å². The van der Waals surface area contributed by atoms with Crippen molar-refractivity contribution in [2.24, 2.45) is 47.2 Å². The van der Waals surface area contributed by atoms with Crippen LogP contribution in [0.5, 0.6) is 0 Å². The lowest BCUT2D eigenvalue weighted by Gasteiger charge is -2.30. The molecular formula is C58H95N11O14. The van der Waals surface area contributed by atoms with Crippen LogP contribution in [0.15, 0.2) is 30.5 Å². The number of hydrogen-bond donors (Lipinski definition) is 14. The highest BCUT2D eigenvalue weighted by atomic mass is 16.4. The molecule has 466 valence electrons. The normalized spacial score (nSPS) is 15.3. The third kappa shape index (κ3) is 24.3. The molecule has 25 heteroatoms. The van der Waals surface area contributed by atoms with Gasteiger partial charge in [0.25, 0.3) is 0 Å². The Bertz CT molecular complexity index is 2530. The number of rotatable bonds is 36. The predicted molar refractivity (Wildman–Crippen MR) is 311 cm³/mol. The quantitative estimate of drug-likeness (QED) is 0.0460. The van der Waals surface area contributed by atoms with Crippen molar-refractivity contribution in [2.45, 2.75) is 202 Å². The number of carboxylic acids is 2. The lowest BCUT2D eigenvalue weighted by Crippen LogP contribution is -2.62. The fourth-order valence-corrected chi connectivity index (χ4v) is 9.15. The van der Waals surface area contributed by atoms with Crippen LogP contribution in [-0.4, -0.2) is 152 Å². The second-order valence-corrected chi connectivity index (χ2v) is 24.2. The van der Waals surface area contributed by atoms with Gasteiger partial charge in [-0.15, -0.1) is 0 Å². The Morgan fingerprint density at radius 3 is 1.24 bits per heavy atom. The van der Waals surface area contributed by atoms with Gasteiger partial charge < -0.3 is 73.9 Å². The van der Waals surface area contributed by atoms with Crippen LogP contribution in [0.4, 0.5) is 0 Å². The lowest BCUT2D eigenvalue weighted by atomic mass is 9.97. The number of aromatic amines is 1. The summed E-state index contributed by atoms with van der Waals surface area (Å²) in [6.07, 6.45) is 1.03. The molecule has 0 aliphatic rings. The molecule has 0 aliphatic heterocycles. The first-order valence-electron chi connectivity index (χ1n) is 28.8. The van der Waals surface area contributed by atoms with Crippen LogP contribution < -0.4 is 53.6 Å². The number of carbonyl (C=O) groups excluding carboxylic acids is 9.